The summed E-state index contributed by atoms with van der Waals surface area (Å²) in [5, 5.41) is 0. The van der Waals surface area contributed by atoms with Gasteiger partial charge in [0.2, 0.25) is 5.91 Å². The van der Waals surface area contributed by atoms with E-state index < -0.39 is 0 Å². The lowest BCUT2D eigenvalue weighted by atomic mass is 9.81. The molecule has 1 unspecified atom stereocenters. The summed E-state index contributed by atoms with van der Waals surface area (Å²) in [6, 6.07) is 14.8. The number of likely N-dealkylation sites (N-methyl/N-ethyl adjacent to an activating group) is 1. The highest BCUT2D eigenvalue weighted by atomic mass is 32.1. The van der Waals surface area contributed by atoms with E-state index in [0.29, 0.717) is 5.91 Å². The first-order valence-electron chi connectivity index (χ1n) is 9.18. The van der Waals surface area contributed by atoms with Gasteiger partial charge < -0.3 is 4.90 Å². The Labute approximate surface area is 154 Å². The minimum absolute atomic E-state index is 0.0395. The maximum atomic E-state index is 12.9. The standard InChI is InChI=1S/C21H26N2OS/c1-16-8-9-18(25-16)15-23-12-10-21(11-13-23)14-19(20(24)22(21)2)17-6-4-3-5-7-17/h3-9,19H,10-15H2,1-2H3. The smallest absolute Gasteiger partial charge is 0.230 e. The van der Waals surface area contributed by atoms with Gasteiger partial charge in [0.05, 0.1) is 5.92 Å². The fourth-order valence-electron chi connectivity index (χ4n) is 4.47. The molecule has 2 saturated heterocycles. The summed E-state index contributed by atoms with van der Waals surface area (Å²) in [6.07, 6.45) is 3.14. The lowest BCUT2D eigenvalue weighted by Crippen LogP contribution is -2.51. The summed E-state index contributed by atoms with van der Waals surface area (Å²) in [5.41, 5.74) is 1.23. The molecule has 3 heterocycles. The summed E-state index contributed by atoms with van der Waals surface area (Å²) in [5.74, 6) is 0.339. The zero-order valence-electron chi connectivity index (χ0n) is 15.1. The maximum Gasteiger partial charge on any atom is 0.230 e. The van der Waals surface area contributed by atoms with Gasteiger partial charge in [-0.05, 0) is 43.9 Å². The molecule has 2 aliphatic heterocycles. The van der Waals surface area contributed by atoms with Crippen LogP contribution in [0.3, 0.4) is 0 Å². The van der Waals surface area contributed by atoms with Crippen molar-refractivity contribution in [1.82, 2.24) is 9.80 Å². The van der Waals surface area contributed by atoms with Gasteiger partial charge in [0.15, 0.2) is 0 Å². The molecule has 2 aromatic rings. The van der Waals surface area contributed by atoms with Crippen LogP contribution in [0.2, 0.25) is 0 Å². The average Bonchev–Trinajstić information content (AvgIpc) is 3.15. The summed E-state index contributed by atoms with van der Waals surface area (Å²) < 4.78 is 0. The number of likely N-dealkylation sites (tertiary alicyclic amines) is 2. The molecule has 1 amide bonds. The van der Waals surface area contributed by atoms with E-state index >= 15 is 0 Å². The van der Waals surface area contributed by atoms with Crippen LogP contribution >= 0.6 is 11.3 Å². The van der Waals surface area contributed by atoms with Crippen LogP contribution in [0.1, 0.15) is 40.5 Å². The molecule has 0 bridgehead atoms. The van der Waals surface area contributed by atoms with Crippen molar-refractivity contribution in [3.05, 3.63) is 57.8 Å². The Morgan fingerprint density at radius 1 is 1.12 bits per heavy atom. The second kappa shape index (κ2) is 6.58. The zero-order valence-corrected chi connectivity index (χ0v) is 15.9. The monoisotopic (exact) mass is 354 g/mol. The highest BCUT2D eigenvalue weighted by molar-refractivity contribution is 7.11. The summed E-state index contributed by atoms with van der Waals surface area (Å²) in [4.78, 5) is 20.3. The van der Waals surface area contributed by atoms with Crippen LogP contribution in [0.25, 0.3) is 0 Å². The van der Waals surface area contributed by atoms with Crippen LogP contribution < -0.4 is 0 Å². The second-order valence-corrected chi connectivity index (χ2v) is 8.95. The van der Waals surface area contributed by atoms with Gasteiger partial charge >= 0.3 is 0 Å². The van der Waals surface area contributed by atoms with Gasteiger partial charge in [-0.25, -0.2) is 0 Å². The maximum absolute atomic E-state index is 12.9. The lowest BCUT2D eigenvalue weighted by Gasteiger charge is -2.43. The van der Waals surface area contributed by atoms with Crippen LogP contribution in [0.15, 0.2) is 42.5 Å². The number of hydrogen-bond donors (Lipinski definition) is 0. The first-order valence-corrected chi connectivity index (χ1v) is 9.99. The molecule has 1 atom stereocenters. The molecule has 0 N–H and O–H groups in total. The molecule has 1 spiro atoms. The molecule has 25 heavy (non-hydrogen) atoms. The number of hydrogen-bond acceptors (Lipinski definition) is 3. The number of rotatable bonds is 3. The van der Waals surface area contributed by atoms with Crippen molar-refractivity contribution < 1.29 is 4.79 Å². The third kappa shape index (κ3) is 3.13. The molecule has 4 rings (SSSR count). The van der Waals surface area contributed by atoms with Gasteiger partial charge in [-0.1, -0.05) is 30.3 Å². The van der Waals surface area contributed by atoms with Gasteiger partial charge in [0.25, 0.3) is 0 Å². The van der Waals surface area contributed by atoms with Crippen LogP contribution in [-0.2, 0) is 11.3 Å². The van der Waals surface area contributed by atoms with E-state index in [9.17, 15) is 4.79 Å². The van der Waals surface area contributed by atoms with Crippen molar-refractivity contribution in [1.29, 1.82) is 0 Å². The number of piperidine rings is 1. The number of amides is 1. The van der Waals surface area contributed by atoms with Crippen molar-refractivity contribution in [2.45, 2.75) is 44.2 Å². The lowest BCUT2D eigenvalue weighted by molar-refractivity contribution is -0.131. The largest absolute Gasteiger partial charge is 0.339 e. The molecule has 0 saturated carbocycles. The Morgan fingerprint density at radius 3 is 2.48 bits per heavy atom. The fraction of sp³-hybridized carbons (Fsp3) is 0.476. The van der Waals surface area contributed by atoms with Crippen molar-refractivity contribution in [3.63, 3.8) is 0 Å². The van der Waals surface area contributed by atoms with Crippen LogP contribution in [0, 0.1) is 6.92 Å². The Morgan fingerprint density at radius 2 is 1.84 bits per heavy atom. The highest BCUT2D eigenvalue weighted by Gasteiger charge is 2.50. The number of aryl methyl sites for hydroxylation is 1. The van der Waals surface area contributed by atoms with E-state index in [4.69, 9.17) is 0 Å². The molecule has 1 aromatic heterocycles. The summed E-state index contributed by atoms with van der Waals surface area (Å²) >= 11 is 1.90. The van der Waals surface area contributed by atoms with Gasteiger partial charge in [0, 0.05) is 42.0 Å². The van der Waals surface area contributed by atoms with Crippen molar-refractivity contribution in [3.8, 4) is 0 Å². The predicted molar refractivity (Wildman–Crippen MR) is 103 cm³/mol. The molecule has 132 valence electrons. The number of carbonyl (C=O) groups is 1. The summed E-state index contributed by atoms with van der Waals surface area (Å²) in [6.45, 7) is 5.38. The second-order valence-electron chi connectivity index (χ2n) is 7.58. The molecule has 0 radical (unpaired) electrons. The van der Waals surface area contributed by atoms with E-state index in [2.05, 4.69) is 41.0 Å². The first kappa shape index (κ1) is 16.8. The fourth-order valence-corrected chi connectivity index (χ4v) is 5.41. The SMILES string of the molecule is Cc1ccc(CN2CCC3(CC2)CC(c2ccccc2)C(=O)N3C)s1. The topological polar surface area (TPSA) is 23.6 Å². The van der Waals surface area contributed by atoms with Gasteiger partial charge in [0.1, 0.15) is 0 Å². The number of thiophene rings is 1. The van der Waals surface area contributed by atoms with Crippen molar-refractivity contribution in [2.75, 3.05) is 20.1 Å². The Kier molecular flexibility index (Phi) is 4.42. The minimum Gasteiger partial charge on any atom is -0.339 e. The number of carbonyl (C=O) groups excluding carboxylic acids is 1. The third-order valence-electron chi connectivity index (χ3n) is 6.09. The van der Waals surface area contributed by atoms with E-state index in [1.165, 1.54) is 15.3 Å². The van der Waals surface area contributed by atoms with Crippen LogP contribution in [0.5, 0.6) is 0 Å². The average molecular weight is 355 g/mol. The Balaban J connectivity index is 1.44. The minimum atomic E-state index is 0.0395. The van der Waals surface area contributed by atoms with E-state index in [-0.39, 0.29) is 11.5 Å². The van der Waals surface area contributed by atoms with E-state index in [0.717, 1.165) is 38.9 Å². The van der Waals surface area contributed by atoms with Crippen molar-refractivity contribution >= 4 is 17.2 Å². The summed E-state index contributed by atoms with van der Waals surface area (Å²) in [7, 11) is 2.02. The molecule has 0 aliphatic carbocycles. The van der Waals surface area contributed by atoms with Crippen molar-refractivity contribution in [2.24, 2.45) is 0 Å². The zero-order chi connectivity index (χ0) is 17.4. The quantitative estimate of drug-likeness (QED) is 0.831. The number of benzene rings is 1. The van der Waals surface area contributed by atoms with E-state index in [1.54, 1.807) is 0 Å². The highest BCUT2D eigenvalue weighted by Crippen LogP contribution is 2.45. The van der Waals surface area contributed by atoms with E-state index in [1.807, 2.05) is 36.6 Å². The molecule has 1 aromatic carbocycles. The number of nitrogens with zero attached hydrogens (tertiary/aromatic N) is 2. The van der Waals surface area contributed by atoms with Gasteiger partial charge in [-0.3, -0.25) is 9.69 Å². The Bertz CT molecular complexity index is 746. The van der Waals surface area contributed by atoms with Gasteiger partial charge in [-0.2, -0.15) is 0 Å². The molecular formula is C21H26N2OS. The molecule has 4 heteroatoms. The van der Waals surface area contributed by atoms with Crippen LogP contribution in [-0.4, -0.2) is 41.4 Å². The van der Waals surface area contributed by atoms with Crippen LogP contribution in [0.4, 0.5) is 0 Å². The normalized spacial score (nSPS) is 23.5. The third-order valence-corrected chi connectivity index (χ3v) is 7.07. The molecular weight excluding hydrogens is 328 g/mol. The molecule has 2 aliphatic rings. The van der Waals surface area contributed by atoms with Gasteiger partial charge in [-0.15, -0.1) is 11.3 Å². The predicted octanol–water partition coefficient (Wildman–Crippen LogP) is 4.04. The Hall–Kier alpha value is -1.65. The molecule has 3 nitrogen and oxygen atoms in total. The molecule has 2 fully saturated rings. The first-order chi connectivity index (χ1) is 12.1.